The largest absolute Gasteiger partial charge is 0.490 e. The molecule has 1 aromatic heterocycles. The topological polar surface area (TPSA) is 51.7 Å². The van der Waals surface area contributed by atoms with Crippen LogP contribution in [0, 0.1) is 0 Å². The molecule has 2 aromatic carbocycles. The van der Waals surface area contributed by atoms with E-state index < -0.39 is 0 Å². The van der Waals surface area contributed by atoms with Gasteiger partial charge in [0, 0.05) is 31.5 Å². The minimum absolute atomic E-state index is 0.0591. The molecule has 5 nitrogen and oxygen atoms in total. The highest BCUT2D eigenvalue weighted by molar-refractivity contribution is 5.94. The molecule has 0 spiro atoms. The van der Waals surface area contributed by atoms with Crippen LogP contribution in [0.15, 0.2) is 67.0 Å². The van der Waals surface area contributed by atoms with Crippen molar-refractivity contribution in [1.29, 1.82) is 0 Å². The third-order valence-electron chi connectivity index (χ3n) is 4.83. The molecule has 0 saturated carbocycles. The van der Waals surface area contributed by atoms with Crippen molar-refractivity contribution in [1.82, 2.24) is 9.88 Å². The van der Waals surface area contributed by atoms with Crippen LogP contribution in [0.5, 0.6) is 11.5 Å². The molecule has 1 amide bonds. The van der Waals surface area contributed by atoms with Crippen molar-refractivity contribution < 1.29 is 14.3 Å². The average molecular weight is 405 g/mol. The summed E-state index contributed by atoms with van der Waals surface area (Å²) in [5.74, 6) is 1.12. The number of benzene rings is 2. The van der Waals surface area contributed by atoms with E-state index in [0.29, 0.717) is 36.8 Å². The van der Waals surface area contributed by atoms with Crippen LogP contribution in [0.3, 0.4) is 0 Å². The van der Waals surface area contributed by atoms with Crippen molar-refractivity contribution in [3.05, 3.63) is 89.2 Å². The number of carbonyl (C=O) groups is 1. The van der Waals surface area contributed by atoms with E-state index in [0.717, 1.165) is 17.5 Å². The lowest BCUT2D eigenvalue weighted by Gasteiger charge is -2.19. The van der Waals surface area contributed by atoms with E-state index >= 15 is 0 Å². The number of ether oxygens (including phenoxy) is 2. The molecule has 0 fully saturated rings. The van der Waals surface area contributed by atoms with Crippen LogP contribution in [-0.2, 0) is 19.6 Å². The van der Waals surface area contributed by atoms with Crippen molar-refractivity contribution in [3.8, 4) is 11.5 Å². The maximum Gasteiger partial charge on any atom is 0.254 e. The number of hydrogen-bond acceptors (Lipinski definition) is 4. The average Bonchev–Trinajstić information content (AvgIpc) is 2.79. The third-order valence-corrected chi connectivity index (χ3v) is 4.83. The first-order valence-electron chi connectivity index (χ1n) is 10.2. The smallest absolute Gasteiger partial charge is 0.254 e. The number of pyridine rings is 1. The summed E-state index contributed by atoms with van der Waals surface area (Å²) in [4.78, 5) is 18.7. The van der Waals surface area contributed by atoms with E-state index in [-0.39, 0.29) is 5.91 Å². The number of amides is 1. The zero-order valence-electron chi connectivity index (χ0n) is 17.8. The molecule has 0 saturated heterocycles. The quantitative estimate of drug-likeness (QED) is 0.509. The first-order chi connectivity index (χ1) is 14.6. The number of aromatic nitrogens is 1. The SMILES string of the molecule is CCOc1cc(C(=O)N(C)Cc2ccc(CC)cc2)ccc1OCc1ccncc1. The summed E-state index contributed by atoms with van der Waals surface area (Å²) < 4.78 is 11.6. The summed E-state index contributed by atoms with van der Waals surface area (Å²) in [5, 5.41) is 0. The van der Waals surface area contributed by atoms with E-state index in [1.54, 1.807) is 35.5 Å². The van der Waals surface area contributed by atoms with Gasteiger partial charge in [-0.1, -0.05) is 31.2 Å². The van der Waals surface area contributed by atoms with E-state index in [9.17, 15) is 4.79 Å². The second-order valence-corrected chi connectivity index (χ2v) is 7.07. The van der Waals surface area contributed by atoms with Crippen LogP contribution in [0.2, 0.25) is 0 Å². The van der Waals surface area contributed by atoms with Gasteiger partial charge in [-0.15, -0.1) is 0 Å². The van der Waals surface area contributed by atoms with E-state index in [1.165, 1.54) is 5.56 Å². The molecule has 5 heteroatoms. The van der Waals surface area contributed by atoms with Gasteiger partial charge in [-0.2, -0.15) is 0 Å². The Morgan fingerprint density at radius 2 is 1.57 bits per heavy atom. The van der Waals surface area contributed by atoms with E-state index in [4.69, 9.17) is 9.47 Å². The van der Waals surface area contributed by atoms with Crippen molar-refractivity contribution in [2.24, 2.45) is 0 Å². The maximum atomic E-state index is 12.9. The molecule has 0 bridgehead atoms. The highest BCUT2D eigenvalue weighted by Gasteiger charge is 2.16. The molecular weight excluding hydrogens is 376 g/mol. The van der Waals surface area contributed by atoms with Gasteiger partial charge in [0.2, 0.25) is 0 Å². The lowest BCUT2D eigenvalue weighted by molar-refractivity contribution is 0.0784. The fraction of sp³-hybridized carbons (Fsp3) is 0.280. The standard InChI is InChI=1S/C25H28N2O3/c1-4-19-6-8-20(9-7-19)17-27(3)25(28)22-10-11-23(24(16-22)29-5-2)30-18-21-12-14-26-15-13-21/h6-16H,4-5,17-18H2,1-3H3. The summed E-state index contributed by atoms with van der Waals surface area (Å²) in [6, 6.07) is 17.5. The van der Waals surface area contributed by atoms with Crippen LogP contribution in [0.4, 0.5) is 0 Å². The van der Waals surface area contributed by atoms with Crippen LogP contribution < -0.4 is 9.47 Å². The molecule has 3 rings (SSSR count). The minimum Gasteiger partial charge on any atom is -0.490 e. The Balaban J connectivity index is 1.70. The predicted octanol–water partition coefficient (Wildman–Crippen LogP) is 4.89. The van der Waals surface area contributed by atoms with Gasteiger partial charge in [-0.25, -0.2) is 0 Å². The van der Waals surface area contributed by atoms with Gasteiger partial charge in [0.1, 0.15) is 6.61 Å². The fourth-order valence-electron chi connectivity index (χ4n) is 3.12. The van der Waals surface area contributed by atoms with Gasteiger partial charge in [0.05, 0.1) is 6.61 Å². The number of nitrogens with zero attached hydrogens (tertiary/aromatic N) is 2. The number of aryl methyl sites for hydroxylation is 1. The van der Waals surface area contributed by atoms with Crippen molar-refractivity contribution in [3.63, 3.8) is 0 Å². The number of carbonyl (C=O) groups excluding carboxylic acids is 1. The van der Waals surface area contributed by atoms with Gasteiger partial charge < -0.3 is 14.4 Å². The van der Waals surface area contributed by atoms with Gasteiger partial charge in [0.25, 0.3) is 5.91 Å². The Hall–Kier alpha value is -3.34. The van der Waals surface area contributed by atoms with Gasteiger partial charge >= 0.3 is 0 Å². The lowest BCUT2D eigenvalue weighted by Crippen LogP contribution is -2.26. The zero-order chi connectivity index (χ0) is 21.3. The van der Waals surface area contributed by atoms with Crippen LogP contribution in [0.25, 0.3) is 0 Å². The summed E-state index contributed by atoms with van der Waals surface area (Å²) in [6.07, 6.45) is 4.47. The first kappa shape index (κ1) is 21.4. The molecule has 3 aromatic rings. The normalized spacial score (nSPS) is 10.5. The Labute approximate surface area is 178 Å². The van der Waals surface area contributed by atoms with Crippen LogP contribution >= 0.6 is 0 Å². The Kier molecular flexibility index (Phi) is 7.44. The molecule has 1 heterocycles. The zero-order valence-corrected chi connectivity index (χ0v) is 17.8. The Bertz CT molecular complexity index is 956. The minimum atomic E-state index is -0.0591. The van der Waals surface area contributed by atoms with E-state index in [1.807, 2.05) is 26.1 Å². The lowest BCUT2D eigenvalue weighted by atomic mass is 10.1. The second-order valence-electron chi connectivity index (χ2n) is 7.07. The molecule has 0 aliphatic carbocycles. The molecule has 156 valence electrons. The second kappa shape index (κ2) is 10.4. The highest BCUT2D eigenvalue weighted by Crippen LogP contribution is 2.30. The molecule has 0 aliphatic rings. The van der Waals surface area contributed by atoms with Gasteiger partial charge in [0.15, 0.2) is 11.5 Å². The molecule has 0 atom stereocenters. The summed E-state index contributed by atoms with van der Waals surface area (Å²) >= 11 is 0. The summed E-state index contributed by atoms with van der Waals surface area (Å²) in [6.45, 7) is 5.48. The Morgan fingerprint density at radius 1 is 0.867 bits per heavy atom. The monoisotopic (exact) mass is 404 g/mol. The summed E-state index contributed by atoms with van der Waals surface area (Å²) in [7, 11) is 1.81. The highest BCUT2D eigenvalue weighted by atomic mass is 16.5. The van der Waals surface area contributed by atoms with E-state index in [2.05, 4.69) is 36.2 Å². The van der Waals surface area contributed by atoms with Crippen LogP contribution in [-0.4, -0.2) is 29.4 Å². The Morgan fingerprint density at radius 3 is 2.23 bits per heavy atom. The fourth-order valence-corrected chi connectivity index (χ4v) is 3.12. The summed E-state index contributed by atoms with van der Waals surface area (Å²) in [5.41, 5.74) is 3.98. The molecular formula is C25H28N2O3. The van der Waals surface area contributed by atoms with Gasteiger partial charge in [-0.3, -0.25) is 9.78 Å². The van der Waals surface area contributed by atoms with Gasteiger partial charge in [-0.05, 0) is 60.4 Å². The predicted molar refractivity (Wildman–Crippen MR) is 118 cm³/mol. The first-order valence-corrected chi connectivity index (χ1v) is 10.2. The molecule has 30 heavy (non-hydrogen) atoms. The van der Waals surface area contributed by atoms with Crippen molar-refractivity contribution >= 4 is 5.91 Å². The molecule has 0 radical (unpaired) electrons. The molecule has 0 aliphatic heterocycles. The molecule has 0 unspecified atom stereocenters. The third kappa shape index (κ3) is 5.60. The van der Waals surface area contributed by atoms with Crippen molar-refractivity contribution in [2.75, 3.05) is 13.7 Å². The molecule has 0 N–H and O–H groups in total. The maximum absolute atomic E-state index is 12.9. The van der Waals surface area contributed by atoms with Crippen LogP contribution in [0.1, 0.15) is 40.9 Å². The number of hydrogen-bond donors (Lipinski definition) is 0. The van der Waals surface area contributed by atoms with Crippen molar-refractivity contribution in [2.45, 2.75) is 33.4 Å². The number of rotatable bonds is 9.